The van der Waals surface area contributed by atoms with Crippen LogP contribution < -0.4 is 0 Å². The first-order chi connectivity index (χ1) is 18.4. The number of pyridine rings is 1. The highest BCUT2D eigenvalue weighted by molar-refractivity contribution is 7.99. The monoisotopic (exact) mass is 543 g/mol. The number of thioether (sulfide) groups is 1. The Labute approximate surface area is 234 Å². The molecule has 1 heterocycles. The standard InChI is InChI=1S/C33H34ClNO2S/c1-33(37,22-36)31-8-3-2-7-30(31)29(17-18-38-21-24-9-10-24)26-6-4-5-23(19-26)11-15-28-16-13-25-12-14-27(34)20-32(25)35-28/h2-8,11-16,19-20,24,29,36-37H,9-10,17-18,21-22H2,1H3/b15-11+/t29-,33+/m1/s1. The summed E-state index contributed by atoms with van der Waals surface area (Å²) < 4.78 is 0. The molecular formula is C33H34ClNO2S. The van der Waals surface area contributed by atoms with Crippen molar-refractivity contribution in [3.8, 4) is 0 Å². The van der Waals surface area contributed by atoms with Gasteiger partial charge in [-0.05, 0) is 90.1 Å². The topological polar surface area (TPSA) is 53.4 Å². The highest BCUT2D eigenvalue weighted by Crippen LogP contribution is 2.38. The number of aliphatic hydroxyl groups excluding tert-OH is 1. The Balaban J connectivity index is 1.43. The second kappa shape index (κ2) is 12.0. The minimum Gasteiger partial charge on any atom is -0.393 e. The number of hydrogen-bond donors (Lipinski definition) is 2. The number of nitrogens with zero attached hydrogens (tertiary/aromatic N) is 1. The van der Waals surface area contributed by atoms with Crippen LogP contribution in [0.5, 0.6) is 0 Å². The van der Waals surface area contributed by atoms with Gasteiger partial charge in [0.05, 0.1) is 17.8 Å². The number of rotatable bonds is 11. The van der Waals surface area contributed by atoms with E-state index >= 15 is 0 Å². The lowest BCUT2D eigenvalue weighted by atomic mass is 9.81. The van der Waals surface area contributed by atoms with Crippen molar-refractivity contribution in [3.05, 3.63) is 112 Å². The molecule has 38 heavy (non-hydrogen) atoms. The molecule has 0 unspecified atom stereocenters. The molecule has 1 saturated carbocycles. The van der Waals surface area contributed by atoms with Crippen molar-refractivity contribution >= 4 is 46.4 Å². The summed E-state index contributed by atoms with van der Waals surface area (Å²) >= 11 is 8.20. The van der Waals surface area contributed by atoms with Gasteiger partial charge in [-0.1, -0.05) is 78.3 Å². The normalized spacial score (nSPS) is 16.1. The Morgan fingerprint density at radius 1 is 1.03 bits per heavy atom. The molecule has 3 nitrogen and oxygen atoms in total. The summed E-state index contributed by atoms with van der Waals surface area (Å²) in [5.74, 6) is 3.30. The lowest BCUT2D eigenvalue weighted by molar-refractivity contribution is -0.00314. The Bertz CT molecular complexity index is 1430. The van der Waals surface area contributed by atoms with Crippen molar-refractivity contribution < 1.29 is 10.2 Å². The molecule has 1 aromatic heterocycles. The Hall–Kier alpha value is -2.63. The first-order valence-corrected chi connectivity index (χ1v) is 14.8. The molecule has 0 radical (unpaired) electrons. The minimum atomic E-state index is -1.29. The average molecular weight is 544 g/mol. The third-order valence-corrected chi connectivity index (χ3v) is 8.73. The van der Waals surface area contributed by atoms with Crippen molar-refractivity contribution in [2.45, 2.75) is 37.7 Å². The number of aliphatic hydroxyl groups is 2. The summed E-state index contributed by atoms with van der Waals surface area (Å²) in [4.78, 5) is 4.75. The van der Waals surface area contributed by atoms with Crippen LogP contribution in [0, 0.1) is 5.92 Å². The fourth-order valence-corrected chi connectivity index (χ4v) is 6.28. The molecule has 2 atom stereocenters. The van der Waals surface area contributed by atoms with Gasteiger partial charge >= 0.3 is 0 Å². The van der Waals surface area contributed by atoms with Crippen LogP contribution in [0.2, 0.25) is 5.02 Å². The van der Waals surface area contributed by atoms with E-state index in [9.17, 15) is 10.2 Å². The smallest absolute Gasteiger partial charge is 0.110 e. The SMILES string of the molecule is C[C@](O)(CO)c1ccccc1[C@H](CCSCC1CC1)c1cccc(/C=C/c2ccc3ccc(Cl)cc3n2)c1. The molecule has 0 bridgehead atoms. The van der Waals surface area contributed by atoms with Crippen molar-refractivity contribution in [1.29, 1.82) is 0 Å². The molecule has 4 aromatic rings. The van der Waals surface area contributed by atoms with Gasteiger partial charge in [-0.3, -0.25) is 0 Å². The van der Waals surface area contributed by atoms with Gasteiger partial charge in [0, 0.05) is 16.3 Å². The van der Waals surface area contributed by atoms with Gasteiger partial charge in [0.25, 0.3) is 0 Å². The number of benzene rings is 3. The summed E-state index contributed by atoms with van der Waals surface area (Å²) in [5, 5.41) is 22.7. The molecular weight excluding hydrogens is 510 g/mol. The second-order valence-corrected chi connectivity index (χ2v) is 12.0. The molecule has 5 heteroatoms. The van der Waals surface area contributed by atoms with E-state index < -0.39 is 5.60 Å². The third-order valence-electron chi connectivity index (χ3n) is 7.26. The predicted octanol–water partition coefficient (Wildman–Crippen LogP) is 7.92. The van der Waals surface area contributed by atoms with Crippen molar-refractivity contribution in [2.75, 3.05) is 18.1 Å². The molecule has 5 rings (SSSR count). The first-order valence-electron chi connectivity index (χ1n) is 13.3. The average Bonchev–Trinajstić information content (AvgIpc) is 3.76. The van der Waals surface area contributed by atoms with Crippen LogP contribution in [-0.2, 0) is 5.60 Å². The number of halogens is 1. The van der Waals surface area contributed by atoms with Crippen LogP contribution in [0.3, 0.4) is 0 Å². The summed E-state index contributed by atoms with van der Waals surface area (Å²) in [7, 11) is 0. The number of fused-ring (bicyclic) bond motifs is 1. The fraction of sp³-hybridized carbons (Fsp3) is 0.303. The fourth-order valence-electron chi connectivity index (χ4n) is 4.87. The van der Waals surface area contributed by atoms with E-state index in [1.54, 1.807) is 6.92 Å². The summed E-state index contributed by atoms with van der Waals surface area (Å²) in [6.07, 6.45) is 7.83. The van der Waals surface area contributed by atoms with Crippen molar-refractivity contribution in [1.82, 2.24) is 4.98 Å². The molecule has 1 aliphatic rings. The number of aromatic nitrogens is 1. The van der Waals surface area contributed by atoms with Gasteiger partial charge in [-0.25, -0.2) is 4.98 Å². The molecule has 0 spiro atoms. The number of hydrogen-bond acceptors (Lipinski definition) is 4. The van der Waals surface area contributed by atoms with E-state index in [2.05, 4.69) is 42.5 Å². The highest BCUT2D eigenvalue weighted by atomic mass is 35.5. The van der Waals surface area contributed by atoms with Crippen LogP contribution in [0.15, 0.2) is 78.9 Å². The van der Waals surface area contributed by atoms with Gasteiger partial charge in [0.1, 0.15) is 5.60 Å². The van der Waals surface area contributed by atoms with E-state index in [1.165, 1.54) is 24.2 Å². The van der Waals surface area contributed by atoms with E-state index in [-0.39, 0.29) is 12.5 Å². The molecule has 3 aromatic carbocycles. The molecule has 1 aliphatic carbocycles. The molecule has 0 saturated heterocycles. The summed E-state index contributed by atoms with van der Waals surface area (Å²) in [5.41, 5.74) is 4.63. The molecule has 2 N–H and O–H groups in total. The van der Waals surface area contributed by atoms with Crippen LogP contribution in [0.4, 0.5) is 0 Å². The molecule has 0 aliphatic heterocycles. The van der Waals surface area contributed by atoms with Gasteiger partial charge in [-0.2, -0.15) is 11.8 Å². The van der Waals surface area contributed by atoms with Gasteiger partial charge in [0.15, 0.2) is 0 Å². The maximum Gasteiger partial charge on any atom is 0.110 e. The largest absolute Gasteiger partial charge is 0.393 e. The second-order valence-electron chi connectivity index (χ2n) is 10.5. The van der Waals surface area contributed by atoms with Gasteiger partial charge in [-0.15, -0.1) is 0 Å². The van der Waals surface area contributed by atoms with Crippen molar-refractivity contribution in [3.63, 3.8) is 0 Å². The first kappa shape index (κ1) is 27.0. The predicted molar refractivity (Wildman–Crippen MR) is 162 cm³/mol. The lowest BCUT2D eigenvalue weighted by Gasteiger charge is -2.28. The lowest BCUT2D eigenvalue weighted by Crippen LogP contribution is -2.28. The van der Waals surface area contributed by atoms with E-state index in [1.807, 2.05) is 60.3 Å². The Morgan fingerprint density at radius 3 is 2.66 bits per heavy atom. The summed E-state index contributed by atoms with van der Waals surface area (Å²) in [6, 6.07) is 26.4. The zero-order chi connectivity index (χ0) is 26.5. The van der Waals surface area contributed by atoms with E-state index in [0.29, 0.717) is 5.02 Å². The zero-order valence-corrected chi connectivity index (χ0v) is 23.3. The minimum absolute atomic E-state index is 0.116. The zero-order valence-electron chi connectivity index (χ0n) is 21.7. The molecule has 0 amide bonds. The molecule has 196 valence electrons. The maximum atomic E-state index is 11.0. The Kier molecular flexibility index (Phi) is 8.54. The van der Waals surface area contributed by atoms with Crippen LogP contribution in [0.1, 0.15) is 60.1 Å². The van der Waals surface area contributed by atoms with E-state index in [0.717, 1.165) is 51.4 Å². The third kappa shape index (κ3) is 6.68. The van der Waals surface area contributed by atoms with Crippen LogP contribution >= 0.6 is 23.4 Å². The van der Waals surface area contributed by atoms with Crippen molar-refractivity contribution in [2.24, 2.45) is 5.92 Å². The summed E-state index contributed by atoms with van der Waals surface area (Å²) in [6.45, 7) is 1.37. The van der Waals surface area contributed by atoms with Crippen LogP contribution in [0.25, 0.3) is 23.1 Å². The highest BCUT2D eigenvalue weighted by Gasteiger charge is 2.29. The maximum absolute atomic E-state index is 11.0. The van der Waals surface area contributed by atoms with Crippen LogP contribution in [-0.4, -0.2) is 33.3 Å². The molecule has 1 fully saturated rings. The van der Waals surface area contributed by atoms with E-state index in [4.69, 9.17) is 16.6 Å². The quantitative estimate of drug-likeness (QED) is 0.189. The van der Waals surface area contributed by atoms with Gasteiger partial charge in [0.2, 0.25) is 0 Å². The Morgan fingerprint density at radius 2 is 1.84 bits per heavy atom. The van der Waals surface area contributed by atoms with Gasteiger partial charge < -0.3 is 10.2 Å².